The molecule has 184 valence electrons. The van der Waals surface area contributed by atoms with Gasteiger partial charge in [0.05, 0.1) is 22.8 Å². The summed E-state index contributed by atoms with van der Waals surface area (Å²) in [6.45, 7) is 1.34. The number of nitrogens with zero attached hydrogens (tertiary/aromatic N) is 2. The number of hydrogen-bond donors (Lipinski definition) is 1. The zero-order valence-corrected chi connectivity index (χ0v) is 20.2. The molecule has 0 unspecified atom stereocenters. The van der Waals surface area contributed by atoms with Crippen molar-refractivity contribution < 1.29 is 22.7 Å². The van der Waals surface area contributed by atoms with Crippen LogP contribution in [0.5, 0.6) is 0 Å². The van der Waals surface area contributed by atoms with Gasteiger partial charge in [0.25, 0.3) is 5.56 Å². The van der Waals surface area contributed by atoms with Crippen LogP contribution in [-0.2, 0) is 9.53 Å². The number of thiazole rings is 1. The smallest absolute Gasteiger partial charge is 0.434 e. The third kappa shape index (κ3) is 4.16. The fraction of sp³-hybridized carbons (Fsp3) is 0.160. The lowest BCUT2D eigenvalue weighted by Gasteiger charge is -2.26. The summed E-state index contributed by atoms with van der Waals surface area (Å²) in [5, 5.41) is 1.20. The van der Waals surface area contributed by atoms with Gasteiger partial charge in [0.1, 0.15) is 0 Å². The molecule has 11 heteroatoms. The minimum atomic E-state index is -4.96. The maximum Gasteiger partial charge on any atom is 0.434 e. The van der Waals surface area contributed by atoms with E-state index in [1.165, 1.54) is 31.2 Å². The summed E-state index contributed by atoms with van der Waals surface area (Å²) in [5.74, 6) is -1.19. The molecule has 1 N–H and O–H groups in total. The number of hydrogen-bond acceptors (Lipinski definition) is 5. The van der Waals surface area contributed by atoms with E-state index in [-0.39, 0.29) is 21.5 Å². The molecule has 0 spiro atoms. The van der Waals surface area contributed by atoms with Crippen LogP contribution >= 0.6 is 22.9 Å². The maximum atomic E-state index is 14.2. The number of nitrogens with one attached hydrogen (secondary N) is 1. The van der Waals surface area contributed by atoms with Gasteiger partial charge in [-0.3, -0.25) is 9.36 Å². The average molecular weight is 532 g/mol. The number of allylic oxidation sites excluding steroid dienone is 1. The van der Waals surface area contributed by atoms with E-state index >= 15 is 0 Å². The van der Waals surface area contributed by atoms with Crippen molar-refractivity contribution in [1.29, 1.82) is 0 Å². The number of benzene rings is 2. The lowest BCUT2D eigenvalue weighted by atomic mass is 9.95. The van der Waals surface area contributed by atoms with Crippen LogP contribution in [0.2, 0.25) is 5.02 Å². The van der Waals surface area contributed by atoms with Crippen molar-refractivity contribution >= 4 is 45.9 Å². The van der Waals surface area contributed by atoms with E-state index in [9.17, 15) is 22.8 Å². The molecule has 1 aliphatic heterocycles. The second-order valence-corrected chi connectivity index (χ2v) is 9.35. The van der Waals surface area contributed by atoms with Crippen LogP contribution in [0, 0.1) is 0 Å². The lowest BCUT2D eigenvalue weighted by Crippen LogP contribution is -2.41. The summed E-state index contributed by atoms with van der Waals surface area (Å²) < 4.78 is 48.7. The van der Waals surface area contributed by atoms with Crippen molar-refractivity contribution in [3.63, 3.8) is 0 Å². The van der Waals surface area contributed by atoms with E-state index in [1.54, 1.807) is 12.3 Å². The molecule has 0 fully saturated rings. The molecule has 1 atom stereocenters. The monoisotopic (exact) mass is 531 g/mol. The highest BCUT2D eigenvalue weighted by molar-refractivity contribution is 7.07. The molecule has 0 amide bonds. The van der Waals surface area contributed by atoms with Gasteiger partial charge >= 0.3 is 12.1 Å². The van der Waals surface area contributed by atoms with Gasteiger partial charge < -0.3 is 9.72 Å². The van der Waals surface area contributed by atoms with Crippen LogP contribution in [0.4, 0.5) is 13.2 Å². The van der Waals surface area contributed by atoms with Gasteiger partial charge in [0, 0.05) is 27.7 Å². The van der Waals surface area contributed by atoms with Gasteiger partial charge in [-0.05, 0) is 36.8 Å². The third-order valence-electron chi connectivity index (χ3n) is 5.69. The Bertz CT molecular complexity index is 1700. The molecule has 0 saturated heterocycles. The minimum absolute atomic E-state index is 0.147. The van der Waals surface area contributed by atoms with Crippen molar-refractivity contribution in [2.24, 2.45) is 4.99 Å². The molecule has 0 bridgehead atoms. The molecular weight excluding hydrogens is 515 g/mol. The van der Waals surface area contributed by atoms with E-state index in [2.05, 4.69) is 9.98 Å². The first-order chi connectivity index (χ1) is 17.2. The SMILES string of the molecule is CCOC(=O)C1=C(C(F)(F)F)N=c2s/c(=C\c3c[nH]c4ccccc34)c(=O)n2[C@H]1c1ccc(Cl)cc1. The fourth-order valence-electron chi connectivity index (χ4n) is 4.16. The summed E-state index contributed by atoms with van der Waals surface area (Å²) in [4.78, 5) is 33.1. The van der Waals surface area contributed by atoms with Crippen molar-refractivity contribution in [2.45, 2.75) is 19.1 Å². The van der Waals surface area contributed by atoms with E-state index in [4.69, 9.17) is 16.3 Å². The Morgan fingerprint density at radius 1 is 1.22 bits per heavy atom. The molecule has 0 radical (unpaired) electrons. The zero-order valence-electron chi connectivity index (χ0n) is 18.6. The van der Waals surface area contributed by atoms with Gasteiger partial charge in [0.2, 0.25) is 0 Å². The number of esters is 1. The first kappa shape index (κ1) is 24.1. The average Bonchev–Trinajstić information content (AvgIpc) is 3.39. The molecule has 4 aromatic rings. The van der Waals surface area contributed by atoms with Crippen LogP contribution in [0.25, 0.3) is 17.0 Å². The molecule has 0 saturated carbocycles. The van der Waals surface area contributed by atoms with Crippen LogP contribution in [0.3, 0.4) is 0 Å². The van der Waals surface area contributed by atoms with Crippen molar-refractivity contribution in [1.82, 2.24) is 9.55 Å². The number of ether oxygens (including phenoxy) is 1. The van der Waals surface area contributed by atoms with Crippen molar-refractivity contribution in [3.8, 4) is 0 Å². The molecule has 0 aliphatic carbocycles. The van der Waals surface area contributed by atoms with Crippen molar-refractivity contribution in [2.75, 3.05) is 6.61 Å². The van der Waals surface area contributed by atoms with E-state index < -0.39 is 35.0 Å². The van der Waals surface area contributed by atoms with Gasteiger partial charge in [-0.15, -0.1) is 0 Å². The predicted molar refractivity (Wildman–Crippen MR) is 131 cm³/mol. The van der Waals surface area contributed by atoms with E-state index in [0.717, 1.165) is 26.8 Å². The second-order valence-electron chi connectivity index (χ2n) is 7.90. The molecule has 36 heavy (non-hydrogen) atoms. The van der Waals surface area contributed by atoms with Gasteiger partial charge in [-0.25, -0.2) is 9.79 Å². The standard InChI is InChI=1S/C25H17ClF3N3O3S/c1-2-35-23(34)19-20(13-7-9-15(26)10-8-13)32-22(33)18(36-24(32)31-21(19)25(27,28)29)11-14-12-30-17-6-4-3-5-16(14)17/h3-12,20,30H,2H2,1H3/b18-11-/t20-/m0/s1. The Balaban J connectivity index is 1.81. The lowest BCUT2D eigenvalue weighted by molar-refractivity contribution is -0.140. The summed E-state index contributed by atoms with van der Waals surface area (Å²) in [6.07, 6.45) is -1.65. The minimum Gasteiger partial charge on any atom is -0.463 e. The molecule has 3 heterocycles. The van der Waals surface area contributed by atoms with Crippen LogP contribution in [0.15, 0.2) is 75.8 Å². The second kappa shape index (κ2) is 9.11. The Hall–Kier alpha value is -3.63. The first-order valence-electron chi connectivity index (χ1n) is 10.8. The number of halogens is 4. The Labute approximate surface area is 210 Å². The van der Waals surface area contributed by atoms with Gasteiger partial charge in [-0.2, -0.15) is 13.2 Å². The topological polar surface area (TPSA) is 76.4 Å². The van der Waals surface area contributed by atoms with Crippen molar-refractivity contribution in [3.05, 3.63) is 102 Å². The normalized spacial score (nSPS) is 16.2. The number of carbonyl (C=O) groups is 1. The van der Waals surface area contributed by atoms with E-state index in [1.807, 2.05) is 24.3 Å². The van der Waals surface area contributed by atoms with Gasteiger partial charge in [0.15, 0.2) is 10.5 Å². The number of aromatic nitrogens is 2. The Kier molecular flexibility index (Phi) is 6.09. The quantitative estimate of drug-likeness (QED) is 0.395. The first-order valence-corrected chi connectivity index (χ1v) is 12.0. The number of para-hydroxylation sites is 1. The maximum absolute atomic E-state index is 14.2. The number of alkyl halides is 3. The largest absolute Gasteiger partial charge is 0.463 e. The summed E-state index contributed by atoms with van der Waals surface area (Å²) in [7, 11) is 0. The van der Waals surface area contributed by atoms with Gasteiger partial charge in [-0.1, -0.05) is 53.3 Å². The Morgan fingerprint density at radius 2 is 1.94 bits per heavy atom. The fourth-order valence-corrected chi connectivity index (χ4v) is 5.27. The predicted octanol–water partition coefficient (Wildman–Crippen LogP) is 4.48. The highest BCUT2D eigenvalue weighted by Gasteiger charge is 2.45. The molecule has 6 nitrogen and oxygen atoms in total. The van der Waals surface area contributed by atoms with Crippen LogP contribution < -0.4 is 14.9 Å². The molecule has 1 aliphatic rings. The summed E-state index contributed by atoms with van der Waals surface area (Å²) >= 11 is 6.81. The highest BCUT2D eigenvalue weighted by Crippen LogP contribution is 2.38. The number of aromatic amines is 1. The number of carbonyl (C=O) groups excluding carboxylic acids is 1. The molecular formula is C25H17ClF3N3O3S. The summed E-state index contributed by atoms with van der Waals surface area (Å²) in [5.41, 5.74) is -0.913. The zero-order chi connectivity index (χ0) is 25.6. The Morgan fingerprint density at radius 3 is 2.64 bits per heavy atom. The highest BCUT2D eigenvalue weighted by atomic mass is 35.5. The number of H-pyrrole nitrogens is 1. The van der Waals surface area contributed by atoms with E-state index in [0.29, 0.717) is 10.6 Å². The molecule has 2 aromatic heterocycles. The summed E-state index contributed by atoms with van der Waals surface area (Å²) in [6, 6.07) is 11.9. The van der Waals surface area contributed by atoms with Crippen LogP contribution in [-0.4, -0.2) is 28.3 Å². The number of rotatable bonds is 4. The number of fused-ring (bicyclic) bond motifs is 2. The van der Waals surface area contributed by atoms with Crippen LogP contribution in [0.1, 0.15) is 24.1 Å². The third-order valence-corrected chi connectivity index (χ3v) is 6.92. The molecule has 2 aromatic carbocycles. The molecule has 5 rings (SSSR count).